The first-order valence-corrected chi connectivity index (χ1v) is 4.15. The van der Waals surface area contributed by atoms with Gasteiger partial charge in [-0.15, -0.1) is 0 Å². The van der Waals surface area contributed by atoms with Crippen LogP contribution in [0.5, 0.6) is 5.75 Å². The number of hydrogen-bond donors (Lipinski definition) is 1. The highest BCUT2D eigenvalue weighted by atomic mass is 19.1. The predicted molar refractivity (Wildman–Crippen MR) is 47.1 cm³/mol. The summed E-state index contributed by atoms with van der Waals surface area (Å²) in [7, 11) is 0. The Balaban J connectivity index is 2.57. The van der Waals surface area contributed by atoms with Gasteiger partial charge in [0.15, 0.2) is 11.6 Å². The number of aromatic hydroxyl groups is 1. The Bertz CT molecular complexity index is 297. The summed E-state index contributed by atoms with van der Waals surface area (Å²) in [6.07, 6.45) is 2.71. The zero-order chi connectivity index (χ0) is 9.68. The van der Waals surface area contributed by atoms with Crippen molar-refractivity contribution in [2.45, 2.75) is 19.3 Å². The third-order valence-corrected chi connectivity index (χ3v) is 1.80. The van der Waals surface area contributed by atoms with Crippen molar-refractivity contribution in [2.75, 3.05) is 0 Å². The highest BCUT2D eigenvalue weighted by Gasteiger charge is 2.00. The lowest BCUT2D eigenvalue weighted by molar-refractivity contribution is -0.107. The van der Waals surface area contributed by atoms with E-state index in [1.54, 1.807) is 6.07 Å². The summed E-state index contributed by atoms with van der Waals surface area (Å²) in [4.78, 5) is 10.0. The molecule has 3 heteroatoms. The van der Waals surface area contributed by atoms with Crippen LogP contribution < -0.4 is 0 Å². The van der Waals surface area contributed by atoms with Gasteiger partial charge in [0.2, 0.25) is 0 Å². The zero-order valence-corrected chi connectivity index (χ0v) is 7.16. The van der Waals surface area contributed by atoms with E-state index in [0.29, 0.717) is 19.3 Å². The molecule has 13 heavy (non-hydrogen) atoms. The van der Waals surface area contributed by atoms with E-state index in [2.05, 4.69) is 0 Å². The number of carbonyl (C=O) groups excluding carboxylic acids is 1. The monoisotopic (exact) mass is 182 g/mol. The molecule has 0 fully saturated rings. The SMILES string of the molecule is O=CCCCc1ccc(O)c(F)c1. The van der Waals surface area contributed by atoms with Crippen molar-refractivity contribution in [1.29, 1.82) is 0 Å². The Hall–Kier alpha value is -1.38. The standard InChI is InChI=1S/C10H11FO2/c11-9-7-8(3-1-2-6-12)4-5-10(9)13/h4-7,13H,1-3H2. The van der Waals surface area contributed by atoms with Crippen molar-refractivity contribution < 1.29 is 14.3 Å². The highest BCUT2D eigenvalue weighted by molar-refractivity contribution is 5.49. The van der Waals surface area contributed by atoms with E-state index in [1.165, 1.54) is 12.1 Å². The van der Waals surface area contributed by atoms with Gasteiger partial charge in [-0.1, -0.05) is 6.07 Å². The van der Waals surface area contributed by atoms with E-state index in [-0.39, 0.29) is 5.75 Å². The minimum atomic E-state index is -0.608. The number of phenolic OH excluding ortho intramolecular Hbond substituents is 1. The van der Waals surface area contributed by atoms with Crippen molar-refractivity contribution in [2.24, 2.45) is 0 Å². The van der Waals surface area contributed by atoms with Gasteiger partial charge < -0.3 is 9.90 Å². The molecule has 0 spiro atoms. The molecule has 0 aliphatic carbocycles. The van der Waals surface area contributed by atoms with Gasteiger partial charge in [-0.3, -0.25) is 0 Å². The van der Waals surface area contributed by atoms with Gasteiger partial charge in [0.05, 0.1) is 0 Å². The first-order valence-electron chi connectivity index (χ1n) is 4.15. The van der Waals surface area contributed by atoms with Crippen LogP contribution in [0.3, 0.4) is 0 Å². The van der Waals surface area contributed by atoms with Crippen LogP contribution >= 0.6 is 0 Å². The number of aryl methyl sites for hydroxylation is 1. The molecule has 70 valence electrons. The highest BCUT2D eigenvalue weighted by Crippen LogP contribution is 2.17. The van der Waals surface area contributed by atoms with E-state index < -0.39 is 5.82 Å². The Morgan fingerprint density at radius 3 is 2.85 bits per heavy atom. The van der Waals surface area contributed by atoms with E-state index in [0.717, 1.165) is 11.8 Å². The van der Waals surface area contributed by atoms with Crippen LogP contribution in [-0.4, -0.2) is 11.4 Å². The van der Waals surface area contributed by atoms with Crippen LogP contribution in [0.1, 0.15) is 18.4 Å². The molecule has 0 radical (unpaired) electrons. The van der Waals surface area contributed by atoms with Gasteiger partial charge in [0.1, 0.15) is 6.29 Å². The van der Waals surface area contributed by atoms with Gasteiger partial charge in [0, 0.05) is 6.42 Å². The quantitative estimate of drug-likeness (QED) is 0.571. The van der Waals surface area contributed by atoms with Crippen LogP contribution in [0.25, 0.3) is 0 Å². The maximum atomic E-state index is 12.8. The molecule has 1 aromatic rings. The summed E-state index contributed by atoms with van der Waals surface area (Å²) in [6, 6.07) is 4.27. The number of halogens is 1. The molecule has 0 aliphatic heterocycles. The van der Waals surface area contributed by atoms with Gasteiger partial charge in [0.25, 0.3) is 0 Å². The third kappa shape index (κ3) is 2.86. The molecule has 0 heterocycles. The van der Waals surface area contributed by atoms with Crippen molar-refractivity contribution >= 4 is 6.29 Å². The van der Waals surface area contributed by atoms with Crippen LogP contribution in [0.4, 0.5) is 4.39 Å². The second-order valence-corrected chi connectivity index (χ2v) is 2.84. The van der Waals surface area contributed by atoms with Crippen LogP contribution in [0.2, 0.25) is 0 Å². The lowest BCUT2D eigenvalue weighted by Gasteiger charge is -2.00. The fourth-order valence-electron chi connectivity index (χ4n) is 1.10. The summed E-state index contributed by atoms with van der Waals surface area (Å²) in [6.45, 7) is 0. The Kier molecular flexibility index (Phi) is 3.43. The number of aldehydes is 1. The minimum absolute atomic E-state index is 0.334. The molecule has 0 unspecified atom stereocenters. The van der Waals surface area contributed by atoms with Crippen molar-refractivity contribution in [3.05, 3.63) is 29.6 Å². The second kappa shape index (κ2) is 4.60. The second-order valence-electron chi connectivity index (χ2n) is 2.84. The number of hydrogen-bond acceptors (Lipinski definition) is 2. The molecule has 0 atom stereocenters. The molecule has 2 nitrogen and oxygen atoms in total. The zero-order valence-electron chi connectivity index (χ0n) is 7.16. The van der Waals surface area contributed by atoms with Crippen molar-refractivity contribution in [1.82, 2.24) is 0 Å². The summed E-state index contributed by atoms with van der Waals surface area (Å²) in [5.41, 5.74) is 0.803. The number of benzene rings is 1. The third-order valence-electron chi connectivity index (χ3n) is 1.80. The summed E-state index contributed by atoms with van der Waals surface area (Å²) in [5, 5.41) is 8.88. The normalized spacial score (nSPS) is 9.92. The van der Waals surface area contributed by atoms with Crippen molar-refractivity contribution in [3.8, 4) is 5.75 Å². The molecule has 1 aromatic carbocycles. The topological polar surface area (TPSA) is 37.3 Å². The van der Waals surface area contributed by atoms with Crippen LogP contribution in [-0.2, 0) is 11.2 Å². The molecule has 0 saturated carbocycles. The lowest BCUT2D eigenvalue weighted by Crippen LogP contribution is -1.87. The first-order chi connectivity index (χ1) is 6.24. The first kappa shape index (κ1) is 9.71. The summed E-state index contributed by atoms with van der Waals surface area (Å²) < 4.78 is 12.8. The number of rotatable bonds is 4. The maximum Gasteiger partial charge on any atom is 0.165 e. The molecule has 0 aromatic heterocycles. The minimum Gasteiger partial charge on any atom is -0.505 e. The van der Waals surface area contributed by atoms with Crippen LogP contribution in [0.15, 0.2) is 18.2 Å². The summed E-state index contributed by atoms with van der Waals surface area (Å²) in [5.74, 6) is -0.942. The molecule has 1 rings (SSSR count). The average Bonchev–Trinajstić information content (AvgIpc) is 2.12. The smallest absolute Gasteiger partial charge is 0.165 e. The Morgan fingerprint density at radius 1 is 1.46 bits per heavy atom. The molecule has 0 amide bonds. The Morgan fingerprint density at radius 2 is 2.23 bits per heavy atom. The number of carbonyl (C=O) groups is 1. The van der Waals surface area contributed by atoms with Crippen molar-refractivity contribution in [3.63, 3.8) is 0 Å². The van der Waals surface area contributed by atoms with E-state index in [9.17, 15) is 9.18 Å². The maximum absolute atomic E-state index is 12.8. The molecule has 0 aliphatic rings. The van der Waals surface area contributed by atoms with E-state index in [1.807, 2.05) is 0 Å². The molecule has 0 saturated heterocycles. The van der Waals surface area contributed by atoms with Gasteiger partial charge >= 0.3 is 0 Å². The Labute approximate surface area is 76.0 Å². The molecule has 0 bridgehead atoms. The van der Waals surface area contributed by atoms with E-state index >= 15 is 0 Å². The lowest BCUT2D eigenvalue weighted by atomic mass is 10.1. The fraction of sp³-hybridized carbons (Fsp3) is 0.300. The van der Waals surface area contributed by atoms with Gasteiger partial charge in [-0.05, 0) is 30.5 Å². The molecular formula is C10H11FO2. The predicted octanol–water partition coefficient (Wildman–Crippen LogP) is 2.05. The van der Waals surface area contributed by atoms with E-state index in [4.69, 9.17) is 5.11 Å². The molecule has 1 N–H and O–H groups in total. The average molecular weight is 182 g/mol. The largest absolute Gasteiger partial charge is 0.505 e. The summed E-state index contributed by atoms with van der Waals surface area (Å²) >= 11 is 0. The fourth-order valence-corrected chi connectivity index (χ4v) is 1.10. The van der Waals surface area contributed by atoms with Gasteiger partial charge in [-0.25, -0.2) is 4.39 Å². The van der Waals surface area contributed by atoms with Crippen LogP contribution in [0, 0.1) is 5.82 Å². The molecular weight excluding hydrogens is 171 g/mol. The van der Waals surface area contributed by atoms with Gasteiger partial charge in [-0.2, -0.15) is 0 Å². The number of phenols is 1. The number of unbranched alkanes of at least 4 members (excludes halogenated alkanes) is 1.